The molecule has 4 aliphatic rings. The number of unbranched alkanes of at least 4 members (excludes halogenated alkanes) is 2. The highest BCUT2D eigenvalue weighted by molar-refractivity contribution is 5.99. The number of cyclic esters (lactones) is 1. The van der Waals surface area contributed by atoms with E-state index in [1.165, 1.54) is 4.90 Å². The van der Waals surface area contributed by atoms with Crippen LogP contribution >= 0.6 is 0 Å². The van der Waals surface area contributed by atoms with Crippen molar-refractivity contribution in [3.63, 3.8) is 0 Å². The smallest absolute Gasteiger partial charge is 0.312 e. The number of hydrogen-bond donors (Lipinski definition) is 1. The summed E-state index contributed by atoms with van der Waals surface area (Å²) >= 11 is 0. The van der Waals surface area contributed by atoms with E-state index in [0.29, 0.717) is 25.9 Å². The van der Waals surface area contributed by atoms with Crippen LogP contribution in [0.25, 0.3) is 0 Å². The van der Waals surface area contributed by atoms with Gasteiger partial charge >= 0.3 is 5.97 Å². The van der Waals surface area contributed by atoms with Crippen LogP contribution in [0.4, 0.5) is 0 Å². The van der Waals surface area contributed by atoms with Gasteiger partial charge in [-0.25, -0.2) is 0 Å². The number of aliphatic hydroxyl groups is 1. The molecule has 2 fully saturated rings. The lowest BCUT2D eigenvalue weighted by atomic mass is 9.77. The predicted molar refractivity (Wildman–Crippen MR) is 112 cm³/mol. The molecular formula is C23H32N2O6. The summed E-state index contributed by atoms with van der Waals surface area (Å²) < 4.78 is 11.8. The highest BCUT2D eigenvalue weighted by Crippen LogP contribution is 2.53. The second-order valence-corrected chi connectivity index (χ2v) is 8.73. The van der Waals surface area contributed by atoms with Gasteiger partial charge in [-0.15, -0.1) is 0 Å². The minimum atomic E-state index is -1.20. The van der Waals surface area contributed by atoms with Crippen molar-refractivity contribution < 1.29 is 29.0 Å². The minimum absolute atomic E-state index is 0.0872. The van der Waals surface area contributed by atoms with Gasteiger partial charge in [-0.2, -0.15) is 0 Å². The van der Waals surface area contributed by atoms with Crippen LogP contribution in [0.5, 0.6) is 0 Å². The number of nitrogens with zero attached hydrogens (tertiary/aromatic N) is 2. The van der Waals surface area contributed by atoms with Gasteiger partial charge in [0.15, 0.2) is 0 Å². The van der Waals surface area contributed by atoms with E-state index in [9.17, 15) is 19.5 Å². The molecule has 0 aromatic rings. The molecule has 4 rings (SSSR count). The summed E-state index contributed by atoms with van der Waals surface area (Å²) in [5, 5.41) is 9.36. The molecule has 4 heterocycles. The number of likely N-dealkylation sites (tertiary alicyclic amines) is 1. The van der Waals surface area contributed by atoms with Gasteiger partial charge in [-0.05, 0) is 19.3 Å². The Morgan fingerprint density at radius 3 is 2.74 bits per heavy atom. The van der Waals surface area contributed by atoms with Crippen molar-refractivity contribution in [2.75, 3.05) is 32.8 Å². The summed E-state index contributed by atoms with van der Waals surface area (Å²) in [6.45, 7) is 3.61. The lowest BCUT2D eigenvalue weighted by Gasteiger charge is -2.35. The van der Waals surface area contributed by atoms with Gasteiger partial charge < -0.3 is 24.4 Å². The Labute approximate surface area is 182 Å². The molecule has 1 spiro atoms. The quantitative estimate of drug-likeness (QED) is 0.367. The summed E-state index contributed by atoms with van der Waals surface area (Å²) in [7, 11) is 0. The first kappa shape index (κ1) is 22.0. The lowest BCUT2D eigenvalue weighted by Crippen LogP contribution is -2.55. The Balaban J connectivity index is 1.73. The minimum Gasteiger partial charge on any atom is -0.465 e. The van der Waals surface area contributed by atoms with E-state index in [1.807, 2.05) is 24.3 Å². The fourth-order valence-corrected chi connectivity index (χ4v) is 5.39. The zero-order valence-corrected chi connectivity index (χ0v) is 18.1. The molecule has 1 unspecified atom stereocenters. The number of ether oxygens (including phenoxy) is 2. The van der Waals surface area contributed by atoms with Gasteiger partial charge in [-0.1, -0.05) is 44.1 Å². The number of esters is 1. The van der Waals surface area contributed by atoms with Crippen molar-refractivity contribution in [2.24, 2.45) is 11.8 Å². The number of carbonyl (C=O) groups is 3. The third-order valence-corrected chi connectivity index (χ3v) is 6.79. The van der Waals surface area contributed by atoms with Gasteiger partial charge in [-0.3, -0.25) is 14.4 Å². The zero-order chi connectivity index (χ0) is 22.0. The summed E-state index contributed by atoms with van der Waals surface area (Å²) in [6.07, 6.45) is 10.8. The van der Waals surface area contributed by atoms with Crippen LogP contribution in [0.1, 0.15) is 39.0 Å². The van der Waals surface area contributed by atoms with Crippen molar-refractivity contribution in [2.45, 2.75) is 56.8 Å². The monoisotopic (exact) mass is 432 g/mol. The van der Waals surface area contributed by atoms with E-state index in [1.54, 1.807) is 4.90 Å². The largest absolute Gasteiger partial charge is 0.465 e. The number of fused-ring (bicyclic) bond motifs is 2. The summed E-state index contributed by atoms with van der Waals surface area (Å²) in [4.78, 5) is 43.5. The van der Waals surface area contributed by atoms with Crippen LogP contribution in [-0.2, 0) is 23.9 Å². The molecular weight excluding hydrogens is 400 g/mol. The van der Waals surface area contributed by atoms with E-state index in [4.69, 9.17) is 9.47 Å². The Hall–Kier alpha value is -2.19. The molecule has 4 aliphatic heterocycles. The summed E-state index contributed by atoms with van der Waals surface area (Å²) in [5.41, 5.74) is -1.20. The molecule has 170 valence electrons. The predicted octanol–water partition coefficient (Wildman–Crippen LogP) is 1.04. The molecule has 0 aliphatic carbocycles. The van der Waals surface area contributed by atoms with Gasteiger partial charge in [0.1, 0.15) is 17.6 Å². The molecule has 5 atom stereocenters. The van der Waals surface area contributed by atoms with Crippen LogP contribution in [0.3, 0.4) is 0 Å². The van der Waals surface area contributed by atoms with Gasteiger partial charge in [0.05, 0.1) is 18.6 Å². The Morgan fingerprint density at radius 1 is 1.13 bits per heavy atom. The van der Waals surface area contributed by atoms with E-state index in [-0.39, 0.29) is 31.6 Å². The number of amides is 2. The van der Waals surface area contributed by atoms with Crippen molar-refractivity contribution in [1.29, 1.82) is 0 Å². The molecule has 0 saturated carbocycles. The van der Waals surface area contributed by atoms with E-state index < -0.39 is 35.6 Å². The average Bonchev–Trinajstić information content (AvgIpc) is 3.12. The first-order valence-corrected chi connectivity index (χ1v) is 11.4. The highest BCUT2D eigenvalue weighted by Gasteiger charge is 2.71. The van der Waals surface area contributed by atoms with E-state index in [0.717, 1.165) is 19.3 Å². The molecule has 2 saturated heterocycles. The Morgan fingerprint density at radius 2 is 1.97 bits per heavy atom. The topological polar surface area (TPSA) is 96.4 Å². The molecule has 0 aromatic carbocycles. The van der Waals surface area contributed by atoms with Crippen LogP contribution in [0.15, 0.2) is 24.3 Å². The standard InChI is InChI=1S/C23H32N2O6/c1-2-3-5-11-24-12-7-10-23-18(17-16(31-23)9-4-6-15-30-22(17)29)20(27)25(13-8-14-26)19(23)21(24)28/h4,7,9-10,16-19,26H,2-3,5-6,8,11-15H2,1H3/t16-,17+,18-,19?,23-/m0/s1. The van der Waals surface area contributed by atoms with Crippen molar-refractivity contribution >= 4 is 17.8 Å². The second-order valence-electron chi connectivity index (χ2n) is 8.73. The molecule has 8 heteroatoms. The van der Waals surface area contributed by atoms with Crippen LogP contribution < -0.4 is 0 Å². The maximum atomic E-state index is 13.7. The number of carbonyl (C=O) groups excluding carboxylic acids is 3. The first-order valence-electron chi connectivity index (χ1n) is 11.4. The molecule has 0 radical (unpaired) electrons. The number of rotatable bonds is 7. The molecule has 0 aromatic heterocycles. The summed E-state index contributed by atoms with van der Waals surface area (Å²) in [6, 6.07) is -0.841. The lowest BCUT2D eigenvalue weighted by molar-refractivity contribution is -0.155. The highest BCUT2D eigenvalue weighted by atomic mass is 16.6. The molecule has 31 heavy (non-hydrogen) atoms. The van der Waals surface area contributed by atoms with E-state index >= 15 is 0 Å². The molecule has 1 N–H and O–H groups in total. The second kappa shape index (κ2) is 9.12. The van der Waals surface area contributed by atoms with Crippen molar-refractivity contribution in [1.82, 2.24) is 9.80 Å². The molecule has 8 nitrogen and oxygen atoms in total. The van der Waals surface area contributed by atoms with Crippen molar-refractivity contribution in [3.05, 3.63) is 24.3 Å². The maximum Gasteiger partial charge on any atom is 0.312 e. The van der Waals surface area contributed by atoms with Gasteiger partial charge in [0.25, 0.3) is 0 Å². The fourth-order valence-electron chi connectivity index (χ4n) is 5.39. The molecule has 2 amide bonds. The third-order valence-electron chi connectivity index (χ3n) is 6.79. The van der Waals surface area contributed by atoms with Crippen LogP contribution in [0, 0.1) is 11.8 Å². The maximum absolute atomic E-state index is 13.7. The Bertz CT molecular complexity index is 780. The average molecular weight is 433 g/mol. The summed E-state index contributed by atoms with van der Waals surface area (Å²) in [5.74, 6) is -2.47. The van der Waals surface area contributed by atoms with Crippen molar-refractivity contribution in [3.8, 4) is 0 Å². The van der Waals surface area contributed by atoms with Gasteiger partial charge in [0, 0.05) is 26.2 Å². The van der Waals surface area contributed by atoms with E-state index in [2.05, 4.69) is 6.92 Å². The number of hydrogen-bond acceptors (Lipinski definition) is 6. The molecule has 0 bridgehead atoms. The van der Waals surface area contributed by atoms with Crippen LogP contribution in [-0.4, -0.2) is 83.3 Å². The zero-order valence-electron chi connectivity index (χ0n) is 18.1. The Kier molecular flexibility index (Phi) is 6.48. The fraction of sp³-hybridized carbons (Fsp3) is 0.696. The first-order chi connectivity index (χ1) is 15.0. The SMILES string of the molecule is CCCCCN1CC=C[C@]23O[C@H]4C=CCCOC(=O)[C@H]4[C@H]2C(=O)N(CCCO)C3C1=O. The third kappa shape index (κ3) is 3.69. The van der Waals surface area contributed by atoms with Gasteiger partial charge in [0.2, 0.25) is 11.8 Å². The number of aliphatic hydroxyl groups excluding tert-OH is 1. The van der Waals surface area contributed by atoms with Crippen LogP contribution in [0.2, 0.25) is 0 Å². The normalized spacial score (nSPS) is 34.7.